The van der Waals surface area contributed by atoms with Crippen LogP contribution in [0.15, 0.2) is 24.3 Å². The summed E-state index contributed by atoms with van der Waals surface area (Å²) < 4.78 is 4.63. The van der Waals surface area contributed by atoms with E-state index in [-0.39, 0.29) is 12.2 Å². The Balaban J connectivity index is 2.73. The molecule has 6 heteroatoms. The first kappa shape index (κ1) is 17.3. The van der Waals surface area contributed by atoms with Gasteiger partial charge in [-0.2, -0.15) is 0 Å². The summed E-state index contributed by atoms with van der Waals surface area (Å²) in [4.78, 5) is 23.0. The number of aliphatic hydroxyl groups is 2. The molecular weight excluding hydrogens is 274 g/mol. The van der Waals surface area contributed by atoms with Gasteiger partial charge in [-0.3, -0.25) is 4.79 Å². The quantitative estimate of drug-likeness (QED) is 0.366. The Morgan fingerprint density at radius 2 is 1.86 bits per heavy atom. The molecule has 0 fully saturated rings. The summed E-state index contributed by atoms with van der Waals surface area (Å²) in [6.07, 6.45) is -1.53. The maximum absolute atomic E-state index is 11.7. The summed E-state index contributed by atoms with van der Waals surface area (Å²) in [5.41, 5.74) is 0.674. The highest BCUT2D eigenvalue weighted by atomic mass is 16.5. The highest BCUT2D eigenvalue weighted by Crippen LogP contribution is 2.19. The van der Waals surface area contributed by atoms with E-state index in [1.165, 1.54) is 24.3 Å². The summed E-state index contributed by atoms with van der Waals surface area (Å²) in [6, 6.07) is 5.89. The number of Topliss-reactive ketones (excluding diaryl/α,β-unsaturated/α-hetero) is 1. The van der Waals surface area contributed by atoms with Crippen molar-refractivity contribution in [1.29, 1.82) is 0 Å². The lowest BCUT2D eigenvalue weighted by Gasteiger charge is -2.18. The number of esters is 1. The predicted molar refractivity (Wildman–Crippen MR) is 76.9 cm³/mol. The third-order valence-electron chi connectivity index (χ3n) is 3.03. The Labute approximate surface area is 123 Å². The Bertz CT molecular complexity index is 471. The molecule has 0 aliphatic rings. The summed E-state index contributed by atoms with van der Waals surface area (Å²) in [5, 5.41) is 22.7. The van der Waals surface area contributed by atoms with Crippen LogP contribution in [0.2, 0.25) is 0 Å². The molecule has 0 aliphatic heterocycles. The van der Waals surface area contributed by atoms with Gasteiger partial charge in [0, 0.05) is 5.56 Å². The molecule has 0 heterocycles. The van der Waals surface area contributed by atoms with Crippen LogP contribution in [-0.2, 0) is 9.53 Å². The standard InChI is InChI=1S/C15H21NO5/c1-3-21-15(20)14(19)11-6-4-10(5-7-11)13(18)12(17)8-9-16-2/h4-7,12-13,16-18H,3,8-9H2,1-2H3. The van der Waals surface area contributed by atoms with E-state index in [1.807, 2.05) is 0 Å². The molecule has 116 valence electrons. The number of hydrogen-bond acceptors (Lipinski definition) is 6. The molecule has 0 amide bonds. The summed E-state index contributed by atoms with van der Waals surface area (Å²) in [5.74, 6) is -1.63. The van der Waals surface area contributed by atoms with Gasteiger partial charge in [0.1, 0.15) is 6.10 Å². The Morgan fingerprint density at radius 3 is 2.38 bits per heavy atom. The number of nitrogens with one attached hydrogen (secondary N) is 1. The number of hydrogen-bond donors (Lipinski definition) is 3. The lowest BCUT2D eigenvalue weighted by molar-refractivity contribution is -0.137. The summed E-state index contributed by atoms with van der Waals surface area (Å²) in [7, 11) is 1.76. The topological polar surface area (TPSA) is 95.9 Å². The number of carbonyl (C=O) groups excluding carboxylic acids is 2. The average Bonchev–Trinajstić information content (AvgIpc) is 2.51. The number of carbonyl (C=O) groups is 2. The van der Waals surface area contributed by atoms with Gasteiger partial charge in [0.2, 0.25) is 0 Å². The number of benzene rings is 1. The second-order valence-electron chi connectivity index (χ2n) is 4.58. The van der Waals surface area contributed by atoms with Gasteiger partial charge >= 0.3 is 5.97 Å². The van der Waals surface area contributed by atoms with Crippen molar-refractivity contribution in [2.24, 2.45) is 0 Å². The fraction of sp³-hybridized carbons (Fsp3) is 0.467. The molecule has 0 radical (unpaired) electrons. The maximum atomic E-state index is 11.7. The lowest BCUT2D eigenvalue weighted by Crippen LogP contribution is -2.23. The van der Waals surface area contributed by atoms with Crippen molar-refractivity contribution in [3.8, 4) is 0 Å². The fourth-order valence-electron chi connectivity index (χ4n) is 1.82. The van der Waals surface area contributed by atoms with Crippen LogP contribution in [0.25, 0.3) is 0 Å². The molecule has 0 aromatic heterocycles. The van der Waals surface area contributed by atoms with Crippen molar-refractivity contribution in [1.82, 2.24) is 5.32 Å². The van der Waals surface area contributed by atoms with Gasteiger partial charge in [0.25, 0.3) is 5.78 Å². The largest absolute Gasteiger partial charge is 0.460 e. The monoisotopic (exact) mass is 295 g/mol. The molecule has 3 N–H and O–H groups in total. The number of rotatable bonds is 8. The Kier molecular flexibility index (Phi) is 7.01. The van der Waals surface area contributed by atoms with Crippen LogP contribution in [-0.4, -0.2) is 48.3 Å². The number of ether oxygens (including phenoxy) is 1. The van der Waals surface area contributed by atoms with Crippen LogP contribution in [0, 0.1) is 0 Å². The van der Waals surface area contributed by atoms with Gasteiger partial charge in [-0.15, -0.1) is 0 Å². The van der Waals surface area contributed by atoms with E-state index in [9.17, 15) is 19.8 Å². The van der Waals surface area contributed by atoms with Gasteiger partial charge in [0.05, 0.1) is 12.7 Å². The first-order chi connectivity index (χ1) is 10.0. The molecule has 0 spiro atoms. The predicted octanol–water partition coefficient (Wildman–Crippen LogP) is 0.436. The molecule has 0 aliphatic carbocycles. The van der Waals surface area contributed by atoms with E-state index in [4.69, 9.17) is 0 Å². The minimum absolute atomic E-state index is 0.138. The molecule has 6 nitrogen and oxygen atoms in total. The second kappa shape index (κ2) is 8.51. The molecule has 2 atom stereocenters. The van der Waals surface area contributed by atoms with Crippen molar-refractivity contribution in [2.45, 2.75) is 25.6 Å². The SMILES string of the molecule is CCOC(=O)C(=O)c1ccc(C(O)C(O)CCNC)cc1. The van der Waals surface area contributed by atoms with Crippen molar-refractivity contribution in [2.75, 3.05) is 20.2 Å². The van der Waals surface area contributed by atoms with E-state index in [0.29, 0.717) is 18.5 Å². The highest BCUT2D eigenvalue weighted by molar-refractivity contribution is 6.40. The van der Waals surface area contributed by atoms with Crippen molar-refractivity contribution in [3.05, 3.63) is 35.4 Å². The molecule has 0 saturated heterocycles. The molecule has 1 rings (SSSR count). The summed E-state index contributed by atoms with van der Waals surface area (Å²) in [6.45, 7) is 2.34. The number of ketones is 1. The molecule has 0 saturated carbocycles. The minimum Gasteiger partial charge on any atom is -0.460 e. The van der Waals surface area contributed by atoms with Gasteiger partial charge in [-0.25, -0.2) is 4.79 Å². The zero-order chi connectivity index (χ0) is 15.8. The van der Waals surface area contributed by atoms with Gasteiger partial charge in [-0.1, -0.05) is 24.3 Å². The van der Waals surface area contributed by atoms with Gasteiger partial charge in [-0.05, 0) is 32.5 Å². The third kappa shape index (κ3) is 4.93. The maximum Gasteiger partial charge on any atom is 0.379 e. The van der Waals surface area contributed by atoms with E-state index in [0.717, 1.165) is 0 Å². The van der Waals surface area contributed by atoms with E-state index in [2.05, 4.69) is 10.1 Å². The van der Waals surface area contributed by atoms with Gasteiger partial charge in [0.15, 0.2) is 0 Å². The normalized spacial score (nSPS) is 13.5. The number of aliphatic hydroxyl groups excluding tert-OH is 2. The molecule has 2 unspecified atom stereocenters. The first-order valence-corrected chi connectivity index (χ1v) is 6.83. The van der Waals surface area contributed by atoms with Crippen LogP contribution < -0.4 is 5.32 Å². The summed E-state index contributed by atoms with van der Waals surface area (Å²) >= 11 is 0. The highest BCUT2D eigenvalue weighted by Gasteiger charge is 2.20. The third-order valence-corrected chi connectivity index (χ3v) is 3.03. The van der Waals surface area contributed by atoms with Crippen molar-refractivity contribution >= 4 is 11.8 Å². The van der Waals surface area contributed by atoms with E-state index >= 15 is 0 Å². The first-order valence-electron chi connectivity index (χ1n) is 6.83. The zero-order valence-corrected chi connectivity index (χ0v) is 12.2. The molecule has 1 aromatic rings. The van der Waals surface area contributed by atoms with Crippen LogP contribution in [0.5, 0.6) is 0 Å². The fourth-order valence-corrected chi connectivity index (χ4v) is 1.82. The van der Waals surface area contributed by atoms with Crippen LogP contribution in [0.3, 0.4) is 0 Å². The molecular formula is C15H21NO5. The van der Waals surface area contributed by atoms with Gasteiger partial charge < -0.3 is 20.3 Å². The van der Waals surface area contributed by atoms with Crippen molar-refractivity contribution < 1.29 is 24.5 Å². The molecule has 21 heavy (non-hydrogen) atoms. The minimum atomic E-state index is -1.04. The smallest absolute Gasteiger partial charge is 0.379 e. The Hall–Kier alpha value is -1.76. The van der Waals surface area contributed by atoms with Crippen molar-refractivity contribution in [3.63, 3.8) is 0 Å². The van der Waals surface area contributed by atoms with Crippen LogP contribution in [0.1, 0.15) is 35.4 Å². The van der Waals surface area contributed by atoms with E-state index in [1.54, 1.807) is 14.0 Å². The van der Waals surface area contributed by atoms with Crippen LogP contribution >= 0.6 is 0 Å². The second-order valence-corrected chi connectivity index (χ2v) is 4.58. The zero-order valence-electron chi connectivity index (χ0n) is 12.2. The lowest BCUT2D eigenvalue weighted by atomic mass is 10.00. The molecule has 1 aromatic carbocycles. The average molecular weight is 295 g/mol. The molecule has 0 bridgehead atoms. The Morgan fingerprint density at radius 1 is 1.24 bits per heavy atom. The van der Waals surface area contributed by atoms with Crippen LogP contribution in [0.4, 0.5) is 0 Å². The van der Waals surface area contributed by atoms with E-state index < -0.39 is 24.0 Å².